The zero-order valence-electron chi connectivity index (χ0n) is 21.9. The molecule has 0 unspecified atom stereocenters. The summed E-state index contributed by atoms with van der Waals surface area (Å²) in [5, 5.41) is 3.00. The molecule has 1 N–H and O–H groups in total. The van der Waals surface area contributed by atoms with Crippen molar-refractivity contribution in [2.45, 2.75) is 59.3 Å². The minimum atomic E-state index is -0.229. The van der Waals surface area contributed by atoms with E-state index in [0.717, 1.165) is 42.6 Å². The molecule has 3 aromatic rings. The number of benzene rings is 2. The second-order valence-electron chi connectivity index (χ2n) is 10.6. The van der Waals surface area contributed by atoms with Crippen molar-refractivity contribution in [2.24, 2.45) is 11.8 Å². The van der Waals surface area contributed by atoms with Gasteiger partial charge >= 0.3 is 0 Å². The largest absolute Gasteiger partial charge is 0.333 e. The lowest BCUT2D eigenvalue weighted by molar-refractivity contribution is -0.138. The van der Waals surface area contributed by atoms with Gasteiger partial charge in [-0.1, -0.05) is 83.0 Å². The topological polar surface area (TPSA) is 67.2 Å². The quantitative estimate of drug-likeness (QED) is 0.387. The van der Waals surface area contributed by atoms with E-state index in [0.29, 0.717) is 18.4 Å². The molecule has 0 atom stereocenters. The third-order valence-corrected chi connectivity index (χ3v) is 6.80. The van der Waals surface area contributed by atoms with Gasteiger partial charge in [0.25, 0.3) is 0 Å². The van der Waals surface area contributed by atoms with Crippen LogP contribution in [0, 0.1) is 11.8 Å². The Morgan fingerprint density at radius 3 is 2.28 bits per heavy atom. The first-order chi connectivity index (χ1) is 17.3. The molecule has 0 aliphatic heterocycles. The molecule has 1 fully saturated rings. The third kappa shape index (κ3) is 6.23. The van der Waals surface area contributed by atoms with Crippen molar-refractivity contribution >= 4 is 17.8 Å². The third-order valence-electron chi connectivity index (χ3n) is 6.80. The molecule has 1 heterocycles. The Kier molecular flexibility index (Phi) is 8.24. The first-order valence-corrected chi connectivity index (χ1v) is 13.2. The summed E-state index contributed by atoms with van der Waals surface area (Å²) in [5.41, 5.74) is 3.93. The standard InChI is InChI=1S/C30H38N4O2/c1-21(2)18-33(29(36)25-12-8-9-13-25)20-28(35)32-30-31-27(24-10-6-5-7-11-24)19-34(30)26-16-14-23(15-17-26)22(3)4/h5-7,10-11,14-17,19,21-22,25H,8-9,12-13,18,20H2,1-4H3,(H,31,32,35). The van der Waals surface area contributed by atoms with Crippen LogP contribution in [0.25, 0.3) is 16.9 Å². The lowest BCUT2D eigenvalue weighted by Crippen LogP contribution is -2.43. The highest BCUT2D eigenvalue weighted by Crippen LogP contribution is 2.28. The molecule has 6 heteroatoms. The SMILES string of the molecule is CC(C)CN(CC(=O)Nc1nc(-c2ccccc2)cn1-c1ccc(C(C)C)cc1)C(=O)C1CCCC1. The predicted octanol–water partition coefficient (Wildman–Crippen LogP) is 6.28. The van der Waals surface area contributed by atoms with Crippen LogP contribution in [-0.4, -0.2) is 39.4 Å². The summed E-state index contributed by atoms with van der Waals surface area (Å²) >= 11 is 0. The Morgan fingerprint density at radius 2 is 1.67 bits per heavy atom. The molecule has 1 aromatic heterocycles. The predicted molar refractivity (Wildman–Crippen MR) is 145 cm³/mol. The van der Waals surface area contributed by atoms with Crippen LogP contribution in [0.1, 0.15) is 64.9 Å². The van der Waals surface area contributed by atoms with Crippen molar-refractivity contribution in [1.82, 2.24) is 14.5 Å². The molecule has 2 amide bonds. The number of hydrogen-bond donors (Lipinski definition) is 1. The lowest BCUT2D eigenvalue weighted by Gasteiger charge is -2.26. The summed E-state index contributed by atoms with van der Waals surface area (Å²) in [6.07, 6.45) is 5.98. The fourth-order valence-corrected chi connectivity index (χ4v) is 4.87. The Hall–Kier alpha value is -3.41. The van der Waals surface area contributed by atoms with Crippen molar-refractivity contribution in [2.75, 3.05) is 18.4 Å². The van der Waals surface area contributed by atoms with Crippen molar-refractivity contribution < 1.29 is 9.59 Å². The van der Waals surface area contributed by atoms with Crippen LogP contribution in [0.5, 0.6) is 0 Å². The summed E-state index contributed by atoms with van der Waals surface area (Å²) in [6, 6.07) is 18.3. The molecule has 190 valence electrons. The van der Waals surface area contributed by atoms with E-state index in [1.165, 1.54) is 5.56 Å². The summed E-state index contributed by atoms with van der Waals surface area (Å²) < 4.78 is 1.91. The van der Waals surface area contributed by atoms with E-state index in [-0.39, 0.29) is 30.2 Å². The van der Waals surface area contributed by atoms with Crippen molar-refractivity contribution in [3.05, 3.63) is 66.4 Å². The molecule has 36 heavy (non-hydrogen) atoms. The van der Waals surface area contributed by atoms with Gasteiger partial charge in [-0.15, -0.1) is 0 Å². The Bertz CT molecular complexity index is 1160. The number of nitrogens with zero attached hydrogens (tertiary/aromatic N) is 3. The maximum atomic E-state index is 13.2. The Labute approximate surface area is 214 Å². The van der Waals surface area contributed by atoms with Crippen LogP contribution >= 0.6 is 0 Å². The van der Waals surface area contributed by atoms with E-state index in [1.807, 2.05) is 41.1 Å². The molecule has 1 aliphatic carbocycles. The van der Waals surface area contributed by atoms with E-state index in [1.54, 1.807) is 4.90 Å². The van der Waals surface area contributed by atoms with Gasteiger partial charge in [0.05, 0.1) is 12.2 Å². The molecule has 0 spiro atoms. The van der Waals surface area contributed by atoms with E-state index < -0.39 is 0 Å². The van der Waals surface area contributed by atoms with Crippen LogP contribution in [0.15, 0.2) is 60.8 Å². The molecule has 6 nitrogen and oxygen atoms in total. The van der Waals surface area contributed by atoms with E-state index in [9.17, 15) is 9.59 Å². The van der Waals surface area contributed by atoms with Gasteiger partial charge in [-0.2, -0.15) is 0 Å². The second kappa shape index (κ2) is 11.5. The van der Waals surface area contributed by atoms with Gasteiger partial charge in [-0.25, -0.2) is 4.98 Å². The normalized spacial score (nSPS) is 13.9. The van der Waals surface area contributed by atoms with Gasteiger partial charge in [0.2, 0.25) is 17.8 Å². The number of carbonyl (C=O) groups excluding carboxylic acids is 2. The highest BCUT2D eigenvalue weighted by Gasteiger charge is 2.29. The van der Waals surface area contributed by atoms with Crippen LogP contribution in [0.2, 0.25) is 0 Å². The molecular weight excluding hydrogens is 448 g/mol. The van der Waals surface area contributed by atoms with Gasteiger partial charge in [0.1, 0.15) is 0 Å². The summed E-state index contributed by atoms with van der Waals surface area (Å²) in [6.45, 7) is 9.10. The van der Waals surface area contributed by atoms with Gasteiger partial charge < -0.3 is 4.90 Å². The first-order valence-electron chi connectivity index (χ1n) is 13.2. The number of hydrogen-bond acceptors (Lipinski definition) is 3. The lowest BCUT2D eigenvalue weighted by atomic mass is 10.0. The highest BCUT2D eigenvalue weighted by atomic mass is 16.2. The molecular formula is C30H38N4O2. The first kappa shape index (κ1) is 25.7. The van der Waals surface area contributed by atoms with E-state index in [2.05, 4.69) is 57.3 Å². The number of amides is 2. The molecule has 0 radical (unpaired) electrons. The van der Waals surface area contributed by atoms with Crippen LogP contribution < -0.4 is 5.32 Å². The number of imidazole rings is 1. The van der Waals surface area contributed by atoms with E-state index >= 15 is 0 Å². The summed E-state index contributed by atoms with van der Waals surface area (Å²) in [5.74, 6) is 1.09. The van der Waals surface area contributed by atoms with Crippen molar-refractivity contribution in [3.63, 3.8) is 0 Å². The number of nitrogens with one attached hydrogen (secondary N) is 1. The molecule has 1 saturated carbocycles. The number of carbonyl (C=O) groups is 2. The molecule has 2 aromatic carbocycles. The molecule has 0 bridgehead atoms. The average molecular weight is 487 g/mol. The van der Waals surface area contributed by atoms with Gasteiger partial charge in [-0.3, -0.25) is 19.5 Å². The Morgan fingerprint density at radius 1 is 1.00 bits per heavy atom. The molecule has 0 saturated heterocycles. The fraction of sp³-hybridized carbons (Fsp3) is 0.433. The summed E-state index contributed by atoms with van der Waals surface area (Å²) in [7, 11) is 0. The second-order valence-corrected chi connectivity index (χ2v) is 10.6. The minimum Gasteiger partial charge on any atom is -0.333 e. The zero-order chi connectivity index (χ0) is 25.7. The Balaban J connectivity index is 1.59. The molecule has 1 aliphatic rings. The maximum Gasteiger partial charge on any atom is 0.246 e. The monoisotopic (exact) mass is 486 g/mol. The van der Waals surface area contributed by atoms with Crippen molar-refractivity contribution in [1.29, 1.82) is 0 Å². The zero-order valence-corrected chi connectivity index (χ0v) is 21.9. The number of rotatable bonds is 9. The maximum absolute atomic E-state index is 13.2. The smallest absolute Gasteiger partial charge is 0.246 e. The van der Waals surface area contributed by atoms with Gasteiger partial charge in [0, 0.05) is 29.9 Å². The van der Waals surface area contributed by atoms with Gasteiger partial charge in [-0.05, 0) is 42.4 Å². The highest BCUT2D eigenvalue weighted by molar-refractivity contribution is 5.94. The molecule has 4 rings (SSSR count). The van der Waals surface area contributed by atoms with Crippen LogP contribution in [-0.2, 0) is 9.59 Å². The van der Waals surface area contributed by atoms with Crippen LogP contribution in [0.4, 0.5) is 5.95 Å². The van der Waals surface area contributed by atoms with Crippen LogP contribution in [0.3, 0.4) is 0 Å². The number of anilines is 1. The average Bonchev–Trinajstić information content (AvgIpc) is 3.54. The van der Waals surface area contributed by atoms with Crippen molar-refractivity contribution in [3.8, 4) is 16.9 Å². The van der Waals surface area contributed by atoms with E-state index in [4.69, 9.17) is 4.98 Å². The van der Waals surface area contributed by atoms with Gasteiger partial charge in [0.15, 0.2) is 0 Å². The number of aromatic nitrogens is 2. The minimum absolute atomic E-state index is 0.0351. The summed E-state index contributed by atoms with van der Waals surface area (Å²) in [4.78, 5) is 32.9. The fourth-order valence-electron chi connectivity index (χ4n) is 4.87.